The number of aliphatic hydroxyl groups is 1. The van der Waals surface area contributed by atoms with E-state index in [9.17, 15) is 23.1 Å². The van der Waals surface area contributed by atoms with Gasteiger partial charge in [0.2, 0.25) is 10.0 Å². The third kappa shape index (κ3) is 12.3. The number of carbonyl (C=O) groups excluding carboxylic acids is 2. The van der Waals surface area contributed by atoms with Crippen LogP contribution in [0.4, 0.5) is 21.9 Å². The number of nitrogens with one attached hydrogen (secondary N) is 3. The van der Waals surface area contributed by atoms with Crippen molar-refractivity contribution in [2.75, 3.05) is 69.2 Å². The first kappa shape index (κ1) is 50.5. The number of likely N-dealkylation sites (N-methyl/N-ethyl adjacent to an activating group) is 2. The van der Waals surface area contributed by atoms with Crippen LogP contribution in [0.15, 0.2) is 83.8 Å². The minimum absolute atomic E-state index is 0.0203. The number of aryl methyl sites for hydroxylation is 1. The number of sulfonamides is 1. The van der Waals surface area contributed by atoms with Gasteiger partial charge < -0.3 is 40.2 Å². The maximum atomic E-state index is 13.0. The minimum Gasteiger partial charge on any atom is -0.491 e. The van der Waals surface area contributed by atoms with Gasteiger partial charge in [0.05, 0.1) is 29.0 Å². The van der Waals surface area contributed by atoms with Crippen molar-refractivity contribution in [1.29, 1.82) is 0 Å². The summed E-state index contributed by atoms with van der Waals surface area (Å²) in [6.07, 6.45) is 3.88. The second-order valence-electron chi connectivity index (χ2n) is 18.0. The SMILES string of the molecule is CC(C)NCC(O)COc1ccc(CCOCC2CC2)cc1.CNC(=O)Oc1ccc2c(c1)[C@]1(C)CCN(C)[C@@H]1N2C.Cc1ccccc1N1C(=O)c2cc(S(N)(=O)=O)c(Cl)cc2NC1C. The average molecular weight is 949 g/mol. The van der Waals surface area contributed by atoms with E-state index in [2.05, 4.69) is 72.7 Å². The predicted octanol–water partition coefficient (Wildman–Crippen LogP) is 6.88. The summed E-state index contributed by atoms with van der Waals surface area (Å²) < 4.78 is 39.8. The normalized spacial score (nSPS) is 20.2. The molecule has 1 aliphatic carbocycles. The van der Waals surface area contributed by atoms with Crippen LogP contribution >= 0.6 is 11.6 Å². The van der Waals surface area contributed by atoms with E-state index < -0.39 is 22.2 Å². The molecular weight excluding hydrogens is 882 g/mol. The molecule has 0 aromatic heterocycles. The Bertz CT molecular complexity index is 2440. The Hall–Kier alpha value is -4.94. The zero-order chi connectivity index (χ0) is 47.9. The molecule has 4 aromatic rings. The summed E-state index contributed by atoms with van der Waals surface area (Å²) in [6, 6.07) is 24.4. The van der Waals surface area contributed by atoms with Gasteiger partial charge in [0, 0.05) is 56.6 Å². The van der Waals surface area contributed by atoms with Crippen molar-refractivity contribution < 1.29 is 37.3 Å². The van der Waals surface area contributed by atoms with E-state index in [-0.39, 0.29) is 33.0 Å². The van der Waals surface area contributed by atoms with Gasteiger partial charge >= 0.3 is 6.09 Å². The number of ether oxygens (including phenoxy) is 3. The van der Waals surface area contributed by atoms with Crippen LogP contribution in [0.2, 0.25) is 5.02 Å². The molecule has 0 bridgehead atoms. The molecule has 8 rings (SSSR count). The molecule has 4 aliphatic rings. The van der Waals surface area contributed by atoms with Crippen molar-refractivity contribution in [2.24, 2.45) is 11.1 Å². The largest absolute Gasteiger partial charge is 0.491 e. The molecule has 2 amide bonds. The van der Waals surface area contributed by atoms with E-state index in [1.165, 1.54) is 41.8 Å². The first-order valence-electron chi connectivity index (χ1n) is 22.5. The molecule has 1 saturated heterocycles. The summed E-state index contributed by atoms with van der Waals surface area (Å²) in [5, 5.41) is 23.8. The highest BCUT2D eigenvalue weighted by Gasteiger charge is 2.52. The number of nitrogens with two attached hydrogens (primary N) is 1. The van der Waals surface area contributed by atoms with Gasteiger partial charge in [-0.05, 0) is 118 Å². The van der Waals surface area contributed by atoms with Crippen LogP contribution in [0.1, 0.15) is 74.0 Å². The van der Waals surface area contributed by atoms with Crippen LogP contribution in [-0.2, 0) is 26.6 Å². The van der Waals surface area contributed by atoms with Gasteiger partial charge in [-0.3, -0.25) is 14.6 Å². The number of halogens is 1. The van der Waals surface area contributed by atoms with Gasteiger partial charge in [-0.15, -0.1) is 0 Å². The molecule has 0 spiro atoms. The lowest BCUT2D eigenvalue weighted by molar-refractivity contribution is 0.0976. The van der Waals surface area contributed by atoms with Gasteiger partial charge in [-0.2, -0.15) is 0 Å². The zero-order valence-electron chi connectivity index (χ0n) is 39.3. The number of hydrogen-bond acceptors (Lipinski definition) is 12. The smallest absolute Gasteiger partial charge is 0.412 e. The van der Waals surface area contributed by atoms with Crippen LogP contribution in [0, 0.1) is 12.8 Å². The average Bonchev–Trinajstić information content (AvgIpc) is 4.01. The third-order valence-corrected chi connectivity index (χ3v) is 13.8. The topological polar surface area (TPSA) is 188 Å². The lowest BCUT2D eigenvalue weighted by atomic mass is 9.81. The number of amides is 2. The van der Waals surface area contributed by atoms with Crippen molar-refractivity contribution in [3.63, 3.8) is 0 Å². The minimum atomic E-state index is -4.02. The van der Waals surface area contributed by atoms with E-state index >= 15 is 0 Å². The highest BCUT2D eigenvalue weighted by atomic mass is 35.5. The Kier molecular flexibility index (Phi) is 16.7. The number of para-hydroxylation sites is 1. The van der Waals surface area contributed by atoms with Gasteiger partial charge in [-0.1, -0.05) is 62.7 Å². The van der Waals surface area contributed by atoms with Gasteiger partial charge in [-0.25, -0.2) is 18.4 Å². The van der Waals surface area contributed by atoms with Crippen LogP contribution in [0.25, 0.3) is 0 Å². The summed E-state index contributed by atoms with van der Waals surface area (Å²) in [4.78, 5) is 30.4. The predicted molar refractivity (Wildman–Crippen MR) is 261 cm³/mol. The molecule has 2 unspecified atom stereocenters. The van der Waals surface area contributed by atoms with Crippen molar-refractivity contribution in [2.45, 2.75) is 95.1 Å². The number of primary sulfonamides is 1. The van der Waals surface area contributed by atoms with Gasteiger partial charge in [0.1, 0.15) is 35.3 Å². The van der Waals surface area contributed by atoms with Gasteiger partial charge in [0.15, 0.2) is 0 Å². The monoisotopic (exact) mass is 947 g/mol. The Labute approximate surface area is 395 Å². The fraction of sp³-hybridized carbons (Fsp3) is 0.469. The Morgan fingerprint density at radius 1 is 1.03 bits per heavy atom. The lowest BCUT2D eigenvalue weighted by Crippen LogP contribution is -2.47. The molecule has 66 heavy (non-hydrogen) atoms. The van der Waals surface area contributed by atoms with Crippen molar-refractivity contribution in [3.8, 4) is 11.5 Å². The van der Waals surface area contributed by atoms with E-state index in [0.717, 1.165) is 55.5 Å². The summed E-state index contributed by atoms with van der Waals surface area (Å²) >= 11 is 6.00. The molecule has 3 heterocycles. The fourth-order valence-electron chi connectivity index (χ4n) is 8.69. The highest BCUT2D eigenvalue weighted by Crippen LogP contribution is 2.51. The van der Waals surface area contributed by atoms with E-state index in [1.807, 2.05) is 68.4 Å². The lowest BCUT2D eigenvalue weighted by Gasteiger charge is -2.37. The number of nitrogens with zero attached hydrogens (tertiary/aromatic N) is 3. The van der Waals surface area contributed by atoms with Crippen molar-refractivity contribution in [1.82, 2.24) is 15.5 Å². The number of hydrogen-bond donors (Lipinski definition) is 5. The van der Waals surface area contributed by atoms with E-state index in [1.54, 1.807) is 11.9 Å². The van der Waals surface area contributed by atoms with Crippen molar-refractivity contribution in [3.05, 3.63) is 106 Å². The number of aliphatic hydroxyl groups excluding tert-OH is 1. The second kappa shape index (κ2) is 21.8. The first-order valence-corrected chi connectivity index (χ1v) is 24.4. The van der Waals surface area contributed by atoms with Crippen LogP contribution in [0.5, 0.6) is 11.5 Å². The van der Waals surface area contributed by atoms with Crippen molar-refractivity contribution >= 4 is 50.7 Å². The number of rotatable bonds is 14. The fourth-order valence-corrected chi connectivity index (χ4v) is 9.79. The first-order chi connectivity index (χ1) is 31.3. The molecule has 358 valence electrons. The molecular formula is C49H66ClN7O8S. The van der Waals surface area contributed by atoms with E-state index in [0.29, 0.717) is 36.8 Å². The molecule has 0 radical (unpaired) electrons. The highest BCUT2D eigenvalue weighted by molar-refractivity contribution is 7.89. The molecule has 4 atom stereocenters. The Balaban J connectivity index is 0.000000164. The maximum absolute atomic E-state index is 13.0. The number of likely N-dealkylation sites (tertiary alicyclic amines) is 1. The summed E-state index contributed by atoms with van der Waals surface area (Å²) in [5.74, 6) is 1.92. The molecule has 17 heteroatoms. The molecule has 1 saturated carbocycles. The Morgan fingerprint density at radius 2 is 1.73 bits per heavy atom. The molecule has 6 N–H and O–H groups in total. The molecule has 3 aliphatic heterocycles. The number of carbonyl (C=O) groups is 2. The number of benzene rings is 4. The Morgan fingerprint density at radius 3 is 2.38 bits per heavy atom. The number of fused-ring (bicyclic) bond motifs is 4. The zero-order valence-corrected chi connectivity index (χ0v) is 40.8. The third-order valence-electron chi connectivity index (χ3n) is 12.4. The second-order valence-corrected chi connectivity index (χ2v) is 20.0. The molecule has 2 fully saturated rings. The maximum Gasteiger partial charge on any atom is 0.412 e. The quantitative estimate of drug-likeness (QED) is 0.0827. The van der Waals surface area contributed by atoms with Crippen LogP contribution in [0.3, 0.4) is 0 Å². The summed E-state index contributed by atoms with van der Waals surface area (Å²) in [5.41, 5.74) is 6.23. The summed E-state index contributed by atoms with van der Waals surface area (Å²) in [7, 11) is 1.84. The number of anilines is 3. The molecule has 15 nitrogen and oxygen atoms in total. The van der Waals surface area contributed by atoms with Crippen LogP contribution in [-0.4, -0.2) is 109 Å². The standard InChI is InChI=1S/C18H29NO3.C16H16ClN3O3S.C15H21N3O2/c1-14(2)19-11-17(20)13-22-18-7-5-15(6-8-18)9-10-21-12-16-3-4-16;1-9-5-3-4-6-14(9)20-10(2)19-13-8-12(17)15(24(18,22)23)7-11(13)16(20)21;1-15-7-8-17(3)13(15)18(4)12-6-5-10(9-11(12)15)20-14(19)16-2/h5-8,14,16-17,19-20H,3-4,9-13H2,1-2H3;3-8,10,19H,1-2H3,(H2,18,22,23);5-6,9,13H,7-8H2,1-4H3,(H,16,19)/t;;13-,15+/m..1/s1. The summed E-state index contributed by atoms with van der Waals surface area (Å²) in [6.45, 7) is 13.8. The van der Waals surface area contributed by atoms with Crippen LogP contribution < -0.4 is 40.4 Å². The van der Waals surface area contributed by atoms with E-state index in [4.69, 9.17) is 31.0 Å². The van der Waals surface area contributed by atoms with Gasteiger partial charge in [0.25, 0.3) is 5.91 Å². The molecule has 4 aromatic carbocycles.